The van der Waals surface area contributed by atoms with Crippen molar-refractivity contribution in [2.24, 2.45) is 0 Å². The summed E-state index contributed by atoms with van der Waals surface area (Å²) in [6.07, 6.45) is 7.81. The summed E-state index contributed by atoms with van der Waals surface area (Å²) >= 11 is 0. The second-order valence-corrected chi connectivity index (χ2v) is 6.80. The van der Waals surface area contributed by atoms with Crippen LogP contribution >= 0.6 is 0 Å². The molecular weight excluding hydrogens is 460 g/mol. The van der Waals surface area contributed by atoms with Gasteiger partial charge in [-0.05, 0) is 0 Å². The molecule has 33 heavy (non-hydrogen) atoms. The van der Waals surface area contributed by atoms with Crippen LogP contribution in [0.5, 0.6) is 0 Å². The van der Waals surface area contributed by atoms with Gasteiger partial charge in [-0.1, -0.05) is 35.4 Å². The molecule has 0 amide bonds. The monoisotopic (exact) mass is 480 g/mol. The fourth-order valence-electron chi connectivity index (χ4n) is 2.80. The number of hydrogen-bond donors (Lipinski definition) is 0. The summed E-state index contributed by atoms with van der Waals surface area (Å²) in [5.41, 5.74) is 4.38. The number of non-ortho nitro benzene ring substituents is 2. The van der Waals surface area contributed by atoms with Crippen LogP contribution in [-0.4, -0.2) is 9.85 Å². The fourth-order valence-corrected chi connectivity index (χ4v) is 2.80. The fraction of sp³-hybridized carbons (Fsp3) is 0. The maximum Gasteiger partial charge on any atom is 0.269 e. The van der Waals surface area contributed by atoms with Crippen molar-refractivity contribution in [3.8, 4) is 0 Å². The normalized spacial score (nSPS) is 10.4. The van der Waals surface area contributed by atoms with E-state index in [4.69, 9.17) is 0 Å². The zero-order valence-electron chi connectivity index (χ0n) is 17.4. The van der Waals surface area contributed by atoms with E-state index in [1.54, 1.807) is 24.3 Å². The van der Waals surface area contributed by atoms with E-state index in [1.165, 1.54) is 24.3 Å². The maximum atomic E-state index is 10.4. The van der Waals surface area contributed by atoms with Gasteiger partial charge in [-0.15, -0.1) is 59.7 Å². The van der Waals surface area contributed by atoms with Crippen LogP contribution in [0.1, 0.15) is 22.3 Å². The van der Waals surface area contributed by atoms with Crippen LogP contribution in [-0.2, 0) is 17.1 Å². The smallest absolute Gasteiger partial charge is 0.258 e. The quantitative estimate of drug-likeness (QED) is 0.129. The van der Waals surface area contributed by atoms with Gasteiger partial charge in [0.2, 0.25) is 0 Å². The molecule has 7 heteroatoms. The van der Waals surface area contributed by atoms with E-state index in [9.17, 15) is 20.2 Å². The Bertz CT molecular complexity index is 1090. The van der Waals surface area contributed by atoms with Crippen LogP contribution in [0.4, 0.5) is 11.4 Å². The van der Waals surface area contributed by atoms with Gasteiger partial charge in [0, 0.05) is 41.3 Å². The average molecular weight is 480 g/mol. The van der Waals surface area contributed by atoms with Gasteiger partial charge in [-0.25, -0.2) is 0 Å². The molecule has 0 unspecified atom stereocenters. The van der Waals surface area contributed by atoms with Gasteiger partial charge in [0.15, 0.2) is 0 Å². The topological polar surface area (TPSA) is 86.3 Å². The first-order valence-electron chi connectivity index (χ1n) is 9.80. The molecular formula is C26H20FeN2O4-2. The third-order valence-corrected chi connectivity index (χ3v) is 4.52. The number of benzene rings is 2. The van der Waals surface area contributed by atoms with E-state index < -0.39 is 9.85 Å². The maximum absolute atomic E-state index is 10.4. The second-order valence-electron chi connectivity index (χ2n) is 6.80. The van der Waals surface area contributed by atoms with Crippen molar-refractivity contribution in [2.45, 2.75) is 0 Å². The molecule has 4 rings (SSSR count). The van der Waals surface area contributed by atoms with Crippen molar-refractivity contribution in [2.75, 3.05) is 0 Å². The van der Waals surface area contributed by atoms with Gasteiger partial charge < -0.3 is 0 Å². The van der Waals surface area contributed by atoms with Crippen molar-refractivity contribution in [3.63, 3.8) is 0 Å². The molecule has 0 spiro atoms. The summed E-state index contributed by atoms with van der Waals surface area (Å²) in [6.45, 7) is 0. The summed E-state index contributed by atoms with van der Waals surface area (Å²) in [4.78, 5) is 20.1. The first kappa shape index (κ1) is 25.2. The Labute approximate surface area is 202 Å². The second kappa shape index (κ2) is 12.7. The summed E-state index contributed by atoms with van der Waals surface area (Å²) in [5, 5.41) is 20.9. The number of hydrogen-bond acceptors (Lipinski definition) is 4. The molecule has 0 saturated carbocycles. The third-order valence-electron chi connectivity index (χ3n) is 4.52. The largest absolute Gasteiger partial charge is 0.269 e. The van der Waals surface area contributed by atoms with Crippen LogP contribution in [0, 0.1) is 20.2 Å². The molecule has 4 aromatic carbocycles. The molecule has 168 valence electrons. The van der Waals surface area contributed by atoms with Gasteiger partial charge in [0.05, 0.1) is 9.85 Å². The Morgan fingerprint density at radius 2 is 0.879 bits per heavy atom. The minimum Gasteiger partial charge on any atom is -0.258 e. The Balaban J connectivity index is 0.000000227. The molecule has 0 aliphatic rings. The number of nitro benzene ring substituents is 2. The molecule has 0 aromatic heterocycles. The first-order valence-corrected chi connectivity index (χ1v) is 9.80. The zero-order chi connectivity index (χ0) is 22.8. The van der Waals surface area contributed by atoms with Crippen LogP contribution < -0.4 is 0 Å². The van der Waals surface area contributed by atoms with E-state index in [0.29, 0.717) is 0 Å². The van der Waals surface area contributed by atoms with Gasteiger partial charge in [0.1, 0.15) is 0 Å². The number of rotatable bonds is 6. The summed E-state index contributed by atoms with van der Waals surface area (Å²) in [5.74, 6) is 0. The molecule has 0 heterocycles. The average Bonchev–Trinajstić information content (AvgIpc) is 3.51. The first-order chi connectivity index (χ1) is 15.5. The molecule has 0 aliphatic heterocycles. The summed E-state index contributed by atoms with van der Waals surface area (Å²) in [7, 11) is 0. The van der Waals surface area contributed by atoms with Crippen LogP contribution in [0.3, 0.4) is 0 Å². The van der Waals surface area contributed by atoms with Crippen molar-refractivity contribution in [1.82, 2.24) is 0 Å². The van der Waals surface area contributed by atoms with E-state index in [-0.39, 0.29) is 28.4 Å². The summed E-state index contributed by atoms with van der Waals surface area (Å²) in [6, 6.07) is 28.8. The molecule has 0 fully saturated rings. The Morgan fingerprint density at radius 1 is 0.576 bits per heavy atom. The molecule has 0 N–H and O–H groups in total. The van der Waals surface area contributed by atoms with E-state index >= 15 is 0 Å². The van der Waals surface area contributed by atoms with Crippen molar-refractivity contribution in [1.29, 1.82) is 0 Å². The zero-order valence-corrected chi connectivity index (χ0v) is 18.5. The van der Waals surface area contributed by atoms with Gasteiger partial charge in [-0.3, -0.25) is 20.2 Å². The molecule has 0 bridgehead atoms. The molecule has 0 aliphatic carbocycles. The standard InChI is InChI=1S/2C13H10NO2.Fe/c2*15-14(16)13-9-7-12(8-10-13)6-5-11-3-1-2-4-11;/h2*1-10H;/q2*-1;. The van der Waals surface area contributed by atoms with E-state index in [2.05, 4.69) is 0 Å². The van der Waals surface area contributed by atoms with Crippen LogP contribution in [0.25, 0.3) is 24.3 Å². The predicted octanol–water partition coefficient (Wildman–Crippen LogP) is 6.97. The number of nitrogens with zero attached hydrogens (tertiary/aromatic N) is 2. The third kappa shape index (κ3) is 8.18. The minimum atomic E-state index is -0.398. The van der Waals surface area contributed by atoms with Crippen molar-refractivity contribution < 1.29 is 26.9 Å². The molecule has 0 saturated heterocycles. The van der Waals surface area contributed by atoms with E-state index in [1.807, 2.05) is 72.8 Å². The molecule has 0 atom stereocenters. The molecule has 4 aromatic rings. The Kier molecular flexibility index (Phi) is 9.71. The number of nitro groups is 2. The Hall–Kier alpha value is -4.06. The van der Waals surface area contributed by atoms with E-state index in [0.717, 1.165) is 22.3 Å². The van der Waals surface area contributed by atoms with Gasteiger partial charge >= 0.3 is 0 Å². The molecule has 0 radical (unpaired) electrons. The van der Waals surface area contributed by atoms with Gasteiger partial charge in [-0.2, -0.15) is 24.3 Å². The Morgan fingerprint density at radius 3 is 1.15 bits per heavy atom. The minimum absolute atomic E-state index is 0. The van der Waals surface area contributed by atoms with Gasteiger partial charge in [0.25, 0.3) is 11.4 Å². The van der Waals surface area contributed by atoms with Crippen LogP contribution in [0.2, 0.25) is 0 Å². The summed E-state index contributed by atoms with van der Waals surface area (Å²) < 4.78 is 0. The predicted molar refractivity (Wildman–Crippen MR) is 128 cm³/mol. The van der Waals surface area contributed by atoms with Crippen LogP contribution in [0.15, 0.2) is 97.1 Å². The van der Waals surface area contributed by atoms with Crippen molar-refractivity contribution in [3.05, 3.63) is 140 Å². The molecule has 6 nitrogen and oxygen atoms in total. The SMILES string of the molecule is O=[N+]([O-])c1ccc(C=C[c-]2cccc2)cc1.O=[N+]([O-])c1ccc(C=C[c-]2cccc2)cc1.[Fe]. The van der Waals surface area contributed by atoms with Crippen molar-refractivity contribution >= 4 is 35.7 Å².